The molecule has 0 saturated heterocycles. The number of hydrogen-bond acceptors (Lipinski definition) is 5. The third kappa shape index (κ3) is 3.07. The molecule has 6 heterocycles. The molecule has 0 amide bonds. The van der Waals surface area contributed by atoms with Gasteiger partial charge in [-0.1, -0.05) is 0 Å². The number of rotatable bonds is 1. The maximum absolute atomic E-state index is 6.24. The van der Waals surface area contributed by atoms with Crippen molar-refractivity contribution in [2.45, 2.75) is 17.7 Å². The summed E-state index contributed by atoms with van der Waals surface area (Å²) in [6, 6.07) is 47.9. The van der Waals surface area contributed by atoms with Crippen molar-refractivity contribution in [1.29, 1.82) is 0 Å². The van der Waals surface area contributed by atoms with Crippen molar-refractivity contribution in [3.8, 4) is 22.3 Å². The molecule has 6 aromatic rings. The van der Waals surface area contributed by atoms with Crippen LogP contribution in [-0.4, -0.2) is 37.2 Å². The van der Waals surface area contributed by atoms with Gasteiger partial charge in [-0.25, -0.2) is 0 Å². The molecule has 6 aliphatic heterocycles. The van der Waals surface area contributed by atoms with Crippen LogP contribution in [0.2, 0.25) is 0 Å². The summed E-state index contributed by atoms with van der Waals surface area (Å²) in [5.41, 5.74) is 19.3. The fourth-order valence-corrected chi connectivity index (χ4v) is 26.8. The average molecular weight is 825 g/mol. The molecule has 232 valence electrons. The molecule has 7 heteroatoms. The second-order valence-electron chi connectivity index (χ2n) is 13.8. The van der Waals surface area contributed by atoms with Crippen LogP contribution in [0.15, 0.2) is 142 Å². The van der Waals surface area contributed by atoms with E-state index in [1.807, 2.05) is 0 Å². The molecular formula is C42H30BN5Po. The minimum absolute atomic E-state index is 0.0394. The molecule has 6 aromatic carbocycles. The van der Waals surface area contributed by atoms with Gasteiger partial charge in [-0.05, 0) is 0 Å². The van der Waals surface area contributed by atoms with E-state index < -0.39 is 20.9 Å². The summed E-state index contributed by atoms with van der Waals surface area (Å²) >= 11 is -4.30. The summed E-state index contributed by atoms with van der Waals surface area (Å²) in [6.07, 6.45) is 2.26. The predicted octanol–water partition coefficient (Wildman–Crippen LogP) is 6.92. The van der Waals surface area contributed by atoms with Crippen LogP contribution < -0.4 is 37.3 Å². The van der Waals surface area contributed by atoms with Crippen LogP contribution in [0, 0.1) is 0 Å². The van der Waals surface area contributed by atoms with Gasteiger partial charge in [0.25, 0.3) is 0 Å². The van der Waals surface area contributed by atoms with Crippen molar-refractivity contribution in [1.82, 2.24) is 0 Å². The third-order valence-corrected chi connectivity index (χ3v) is 25.4. The molecule has 0 bridgehead atoms. The Morgan fingerprint density at radius 3 is 1.94 bits per heavy atom. The number of nitrogens with one attached hydrogen (secondary N) is 1. The van der Waals surface area contributed by atoms with Crippen LogP contribution in [0.3, 0.4) is 0 Å². The Morgan fingerprint density at radius 2 is 1.20 bits per heavy atom. The van der Waals surface area contributed by atoms with Crippen LogP contribution in [0.4, 0.5) is 39.8 Å². The Balaban J connectivity index is 1.32. The summed E-state index contributed by atoms with van der Waals surface area (Å²) in [6.45, 7) is 4.48. The van der Waals surface area contributed by atoms with Crippen molar-refractivity contribution in [2.24, 2.45) is 2.89 Å². The minimum atomic E-state index is -4.30. The molecule has 2 atom stereocenters. The second kappa shape index (κ2) is 9.11. The number of para-hydroxylation sites is 3. The Bertz CT molecular complexity index is 2560. The van der Waals surface area contributed by atoms with Crippen molar-refractivity contribution in [2.75, 3.05) is 19.9 Å². The molecule has 0 saturated carbocycles. The summed E-state index contributed by atoms with van der Waals surface area (Å²) in [5, 5.41) is 3.96. The summed E-state index contributed by atoms with van der Waals surface area (Å²) < 4.78 is 9.24. The maximum atomic E-state index is 6.24. The zero-order valence-electron chi connectivity index (χ0n) is 27.1. The first-order valence-corrected chi connectivity index (χ1v) is 23.5. The number of benzene rings is 6. The van der Waals surface area contributed by atoms with Gasteiger partial charge in [-0.3, -0.25) is 0 Å². The average Bonchev–Trinajstić information content (AvgIpc) is 3.62. The molecule has 6 aliphatic rings. The molecule has 0 aromatic heterocycles. The van der Waals surface area contributed by atoms with Gasteiger partial charge in [-0.15, -0.1) is 0 Å². The number of allylic oxidation sites excluding steroid dienone is 2. The van der Waals surface area contributed by atoms with Gasteiger partial charge in [-0.2, -0.15) is 0 Å². The fourth-order valence-electron chi connectivity index (χ4n) is 9.63. The van der Waals surface area contributed by atoms with E-state index in [-0.39, 0.29) is 10.7 Å². The molecule has 49 heavy (non-hydrogen) atoms. The molecule has 5 nitrogen and oxygen atoms in total. The monoisotopic (exact) mass is 824 g/mol. The Kier molecular flexibility index (Phi) is 4.98. The van der Waals surface area contributed by atoms with Crippen LogP contribution in [0.25, 0.3) is 22.3 Å². The van der Waals surface area contributed by atoms with Gasteiger partial charge >= 0.3 is 293 Å². The Morgan fingerprint density at radius 1 is 0.592 bits per heavy atom. The Labute approximate surface area is 290 Å². The summed E-state index contributed by atoms with van der Waals surface area (Å²) in [7, 11) is 0. The van der Waals surface area contributed by atoms with Gasteiger partial charge in [0.1, 0.15) is 0 Å². The molecule has 0 fully saturated rings. The van der Waals surface area contributed by atoms with Gasteiger partial charge in [0, 0.05) is 0 Å². The normalized spacial score (nSPS) is 21.9. The second-order valence-corrected chi connectivity index (χ2v) is 24.2. The first kappa shape index (κ1) is 26.8. The van der Waals surface area contributed by atoms with Crippen molar-refractivity contribution < 1.29 is 0 Å². The van der Waals surface area contributed by atoms with E-state index in [0.717, 1.165) is 11.4 Å². The number of fused-ring (bicyclic) bond motifs is 10. The predicted molar refractivity (Wildman–Crippen MR) is 207 cm³/mol. The van der Waals surface area contributed by atoms with Gasteiger partial charge < -0.3 is 0 Å². The first-order valence-electron chi connectivity index (χ1n) is 17.0. The fraction of sp³-hybridized carbons (Fsp3) is 0.0714. The molecule has 0 radical (unpaired) electrons. The first-order chi connectivity index (χ1) is 24.1. The van der Waals surface area contributed by atoms with E-state index in [1.165, 1.54) is 79.4 Å². The molecule has 1 spiro atoms. The van der Waals surface area contributed by atoms with Crippen molar-refractivity contribution in [3.63, 3.8) is 0 Å². The molecular weight excluding hydrogens is 794 g/mol. The van der Waals surface area contributed by atoms with Crippen LogP contribution in [0.5, 0.6) is 0 Å². The Hall–Kier alpha value is -5.11. The number of anilines is 7. The molecule has 12 rings (SSSR count). The zero-order chi connectivity index (χ0) is 32.2. The number of nitrogens with zero attached hydrogens (tertiary/aromatic N) is 4. The van der Waals surface area contributed by atoms with E-state index in [4.69, 9.17) is 2.89 Å². The van der Waals surface area contributed by atoms with E-state index in [2.05, 4.69) is 167 Å². The van der Waals surface area contributed by atoms with E-state index in [1.54, 1.807) is 0 Å². The zero-order valence-corrected chi connectivity index (χ0v) is 30.2. The number of hydrogen-bond donors (Lipinski definition) is 1. The van der Waals surface area contributed by atoms with E-state index >= 15 is 0 Å². The van der Waals surface area contributed by atoms with Crippen molar-refractivity contribution >= 4 is 90.6 Å². The third-order valence-electron chi connectivity index (χ3n) is 11.2. The van der Waals surface area contributed by atoms with Crippen LogP contribution in [0.1, 0.15) is 13.8 Å². The van der Waals surface area contributed by atoms with Gasteiger partial charge in [0.15, 0.2) is 0 Å². The van der Waals surface area contributed by atoms with Crippen LogP contribution in [-0.2, 0) is 0 Å². The molecule has 2 unspecified atom stereocenters. The van der Waals surface area contributed by atoms with Crippen LogP contribution >= 0.6 is 0 Å². The summed E-state index contributed by atoms with van der Waals surface area (Å²) in [4.78, 5) is 8.08. The topological polar surface area (TPSA) is 34.1 Å². The summed E-state index contributed by atoms with van der Waals surface area (Å²) in [5.74, 6) is 0. The standard InChI is InChI=1S/C42H30BN5.Po/c1-28(44)24-29(2)45-30-20-22-35-33-14-6-8-16-37(33)43-38-17-9-7-15-34(38)36-23-21-32(26-42(36)48(43)41(35)25-30)47-27-46(31-12-4-3-5-13-31)39-18-10-11-19-40(39)47;/h3-24,27,45H,1-2H3;/q-1;+1. The molecule has 0 aliphatic carbocycles. The quantitative estimate of drug-likeness (QED) is 0.183. The van der Waals surface area contributed by atoms with Gasteiger partial charge in [0.2, 0.25) is 0 Å². The molecule has 1 N–H and O–H groups in total. The van der Waals surface area contributed by atoms with E-state index in [0.29, 0.717) is 0 Å². The van der Waals surface area contributed by atoms with Gasteiger partial charge in [0.05, 0.1) is 0 Å². The SMILES string of the molecule is CC1=CC(C)=[N][Po]23[c]4c(ccc5c4N4B(c6ccccc6-5)c5ccccc5-c5ccc([c]2c54)N2c4ccccc4N(c4ccccc4)[CH]23)N1. The van der Waals surface area contributed by atoms with E-state index in [9.17, 15) is 0 Å². The van der Waals surface area contributed by atoms with Crippen molar-refractivity contribution in [3.05, 3.63) is 139 Å².